The highest BCUT2D eigenvalue weighted by molar-refractivity contribution is 9.10. The highest BCUT2D eigenvalue weighted by Crippen LogP contribution is 2.31. The Bertz CT molecular complexity index is 547. The van der Waals surface area contributed by atoms with Crippen LogP contribution in [0.4, 0.5) is 0 Å². The van der Waals surface area contributed by atoms with Crippen molar-refractivity contribution in [2.45, 2.75) is 24.7 Å². The molecule has 0 N–H and O–H groups in total. The van der Waals surface area contributed by atoms with Gasteiger partial charge in [0.15, 0.2) is 0 Å². The number of benzene rings is 1. The van der Waals surface area contributed by atoms with Crippen molar-refractivity contribution in [1.82, 2.24) is 4.31 Å². The van der Waals surface area contributed by atoms with Crippen LogP contribution in [0.5, 0.6) is 0 Å². The zero-order valence-corrected chi connectivity index (χ0v) is 13.2. The lowest BCUT2D eigenvalue weighted by Gasteiger charge is -2.17. The molecular formula is C12H15BrClNO2S. The number of nitrogens with zero attached hydrogens (tertiary/aromatic N) is 1. The Kier molecular flexibility index (Phi) is 4.36. The number of rotatable bonds is 3. The van der Waals surface area contributed by atoms with Crippen LogP contribution in [0.1, 0.15) is 19.8 Å². The van der Waals surface area contributed by atoms with Gasteiger partial charge in [0, 0.05) is 17.6 Å². The molecule has 1 atom stereocenters. The van der Waals surface area contributed by atoms with E-state index in [0.717, 1.165) is 17.3 Å². The molecule has 0 aliphatic carbocycles. The second-order valence-corrected chi connectivity index (χ2v) is 7.73. The summed E-state index contributed by atoms with van der Waals surface area (Å²) < 4.78 is 27.2. The van der Waals surface area contributed by atoms with Gasteiger partial charge in [0.1, 0.15) is 4.90 Å². The number of hydrogen-bond acceptors (Lipinski definition) is 2. The van der Waals surface area contributed by atoms with E-state index in [2.05, 4.69) is 22.9 Å². The zero-order chi connectivity index (χ0) is 13.3. The molecule has 1 unspecified atom stereocenters. The highest BCUT2D eigenvalue weighted by atomic mass is 79.9. The predicted molar refractivity (Wildman–Crippen MR) is 76.3 cm³/mol. The molecule has 100 valence electrons. The summed E-state index contributed by atoms with van der Waals surface area (Å²) in [6.07, 6.45) is 1.95. The second-order valence-electron chi connectivity index (χ2n) is 4.50. The molecule has 1 aromatic rings. The lowest BCUT2D eigenvalue weighted by Crippen LogP contribution is -2.29. The van der Waals surface area contributed by atoms with Crippen molar-refractivity contribution in [2.75, 3.05) is 13.1 Å². The lowest BCUT2D eigenvalue weighted by molar-refractivity contribution is 0.453. The van der Waals surface area contributed by atoms with Crippen molar-refractivity contribution in [1.29, 1.82) is 0 Å². The van der Waals surface area contributed by atoms with Gasteiger partial charge in [-0.2, -0.15) is 4.31 Å². The number of sulfonamides is 1. The molecule has 1 fully saturated rings. The third-order valence-electron chi connectivity index (χ3n) is 3.34. The molecule has 1 aliphatic rings. The highest BCUT2D eigenvalue weighted by Gasteiger charge is 2.32. The summed E-state index contributed by atoms with van der Waals surface area (Å²) in [7, 11) is -3.45. The summed E-state index contributed by atoms with van der Waals surface area (Å²) in [5, 5.41) is 0.268. The van der Waals surface area contributed by atoms with Gasteiger partial charge in [-0.25, -0.2) is 8.42 Å². The van der Waals surface area contributed by atoms with Crippen LogP contribution in [-0.2, 0) is 10.0 Å². The van der Waals surface area contributed by atoms with E-state index in [1.165, 1.54) is 4.31 Å². The summed E-state index contributed by atoms with van der Waals surface area (Å²) >= 11 is 9.30. The minimum absolute atomic E-state index is 0.198. The summed E-state index contributed by atoms with van der Waals surface area (Å²) in [6, 6.07) is 4.87. The summed E-state index contributed by atoms with van der Waals surface area (Å²) in [5.74, 6) is 0.467. The van der Waals surface area contributed by atoms with Crippen LogP contribution < -0.4 is 0 Å². The Hall–Kier alpha value is -0.100. The Balaban J connectivity index is 2.31. The van der Waals surface area contributed by atoms with E-state index in [-0.39, 0.29) is 9.92 Å². The molecule has 0 bridgehead atoms. The zero-order valence-electron chi connectivity index (χ0n) is 10.1. The average molecular weight is 353 g/mol. The molecule has 0 radical (unpaired) electrons. The Morgan fingerprint density at radius 1 is 1.50 bits per heavy atom. The van der Waals surface area contributed by atoms with Gasteiger partial charge in [0.25, 0.3) is 0 Å². The second kappa shape index (κ2) is 5.49. The molecule has 0 spiro atoms. The molecular weight excluding hydrogens is 338 g/mol. The van der Waals surface area contributed by atoms with Crippen LogP contribution in [0.3, 0.4) is 0 Å². The minimum Gasteiger partial charge on any atom is -0.207 e. The van der Waals surface area contributed by atoms with Crippen molar-refractivity contribution >= 4 is 37.6 Å². The number of hydrogen-bond donors (Lipinski definition) is 0. The first-order chi connectivity index (χ1) is 8.45. The third-order valence-corrected chi connectivity index (χ3v) is 6.18. The Morgan fingerprint density at radius 3 is 2.78 bits per heavy atom. The Morgan fingerprint density at radius 2 is 2.22 bits per heavy atom. The molecule has 1 saturated heterocycles. The van der Waals surface area contributed by atoms with Gasteiger partial charge in [0.05, 0.1) is 5.02 Å². The quantitative estimate of drug-likeness (QED) is 0.834. The van der Waals surface area contributed by atoms with Gasteiger partial charge in [-0.05, 0) is 30.5 Å². The third kappa shape index (κ3) is 2.74. The van der Waals surface area contributed by atoms with Crippen LogP contribution in [-0.4, -0.2) is 25.8 Å². The largest absolute Gasteiger partial charge is 0.244 e. The topological polar surface area (TPSA) is 37.4 Å². The maximum atomic E-state index is 12.5. The minimum atomic E-state index is -3.45. The van der Waals surface area contributed by atoms with Gasteiger partial charge in [-0.1, -0.05) is 40.9 Å². The average Bonchev–Trinajstić information content (AvgIpc) is 2.77. The fourth-order valence-electron chi connectivity index (χ4n) is 2.17. The fourth-order valence-corrected chi connectivity index (χ4v) is 4.71. The molecule has 3 nitrogen and oxygen atoms in total. The lowest BCUT2D eigenvalue weighted by atomic mass is 10.1. The van der Waals surface area contributed by atoms with E-state index >= 15 is 0 Å². The molecule has 6 heteroatoms. The van der Waals surface area contributed by atoms with E-state index in [4.69, 9.17) is 11.6 Å². The van der Waals surface area contributed by atoms with Crippen LogP contribution in [0.15, 0.2) is 27.6 Å². The Labute approximate surface area is 121 Å². The van der Waals surface area contributed by atoms with E-state index in [9.17, 15) is 8.42 Å². The van der Waals surface area contributed by atoms with Gasteiger partial charge in [-0.15, -0.1) is 0 Å². The van der Waals surface area contributed by atoms with Crippen molar-refractivity contribution in [2.24, 2.45) is 5.92 Å². The van der Waals surface area contributed by atoms with Gasteiger partial charge >= 0.3 is 0 Å². The number of halogens is 2. The van der Waals surface area contributed by atoms with Gasteiger partial charge < -0.3 is 0 Å². The molecule has 2 rings (SSSR count). The normalized spacial score (nSPS) is 21.4. The van der Waals surface area contributed by atoms with Crippen LogP contribution in [0.25, 0.3) is 0 Å². The molecule has 18 heavy (non-hydrogen) atoms. The smallest absolute Gasteiger partial charge is 0.207 e. The van der Waals surface area contributed by atoms with Crippen molar-refractivity contribution in [3.63, 3.8) is 0 Å². The van der Waals surface area contributed by atoms with Gasteiger partial charge in [0.2, 0.25) is 10.0 Å². The first kappa shape index (κ1) is 14.3. The fraction of sp³-hybridized carbons (Fsp3) is 0.500. The van der Waals surface area contributed by atoms with E-state index in [1.54, 1.807) is 18.2 Å². The van der Waals surface area contributed by atoms with Crippen molar-refractivity contribution in [3.8, 4) is 0 Å². The van der Waals surface area contributed by atoms with E-state index < -0.39 is 10.0 Å². The molecule has 0 aromatic heterocycles. The summed E-state index contributed by atoms with van der Waals surface area (Å²) in [6.45, 7) is 3.28. The molecule has 1 aromatic carbocycles. The van der Waals surface area contributed by atoms with Crippen LogP contribution in [0, 0.1) is 5.92 Å². The predicted octanol–water partition coefficient (Wildman–Crippen LogP) is 3.52. The van der Waals surface area contributed by atoms with E-state index in [1.807, 2.05) is 0 Å². The summed E-state index contributed by atoms with van der Waals surface area (Å²) in [4.78, 5) is 0.198. The van der Waals surface area contributed by atoms with Gasteiger partial charge in [-0.3, -0.25) is 0 Å². The first-order valence-electron chi connectivity index (χ1n) is 5.90. The van der Waals surface area contributed by atoms with Crippen LogP contribution >= 0.6 is 27.5 Å². The molecule has 1 heterocycles. The maximum Gasteiger partial charge on any atom is 0.244 e. The monoisotopic (exact) mass is 351 g/mol. The summed E-state index contributed by atoms with van der Waals surface area (Å²) in [5.41, 5.74) is 0. The van der Waals surface area contributed by atoms with Crippen molar-refractivity contribution in [3.05, 3.63) is 27.7 Å². The molecule has 1 aliphatic heterocycles. The molecule has 0 amide bonds. The molecule has 0 saturated carbocycles. The van der Waals surface area contributed by atoms with E-state index in [0.29, 0.717) is 19.0 Å². The van der Waals surface area contributed by atoms with Crippen LogP contribution in [0.2, 0.25) is 5.02 Å². The SMILES string of the molecule is CCC1CCN(S(=O)(=O)c2ccc(Br)cc2Cl)C1. The maximum absolute atomic E-state index is 12.5. The first-order valence-corrected chi connectivity index (χ1v) is 8.51. The van der Waals surface area contributed by atoms with Crippen molar-refractivity contribution < 1.29 is 8.42 Å². The standard InChI is InChI=1S/C12H15BrClNO2S/c1-2-9-5-6-15(8-9)18(16,17)12-4-3-10(13)7-11(12)14/h3-4,7,9H,2,5-6,8H2,1H3.